The van der Waals surface area contributed by atoms with E-state index >= 15 is 0 Å². The lowest BCUT2D eigenvalue weighted by Crippen LogP contribution is -2.34. The summed E-state index contributed by atoms with van der Waals surface area (Å²) >= 11 is 1.60. The second-order valence-corrected chi connectivity index (χ2v) is 10.4. The number of aromatic nitrogens is 1. The number of sulfonamides is 1. The molecule has 0 spiro atoms. The maximum atomic E-state index is 12.8. The molecule has 1 saturated heterocycles. The Kier molecular flexibility index (Phi) is 6.54. The molecular weight excluding hydrogens is 448 g/mol. The average Bonchev–Trinajstić information content (AvgIpc) is 3.40. The summed E-state index contributed by atoms with van der Waals surface area (Å²) in [5.41, 5.74) is 1.45. The van der Waals surface area contributed by atoms with E-state index in [2.05, 4.69) is 10.0 Å². The van der Waals surface area contributed by atoms with Crippen molar-refractivity contribution >= 4 is 49.1 Å². The van der Waals surface area contributed by atoms with Crippen molar-refractivity contribution in [2.45, 2.75) is 37.1 Å². The van der Waals surface area contributed by atoms with E-state index in [-0.39, 0.29) is 35.7 Å². The predicted molar refractivity (Wildman–Crippen MR) is 124 cm³/mol. The number of para-hydroxylation sites is 1. The molecule has 168 valence electrons. The molecule has 2 aromatic carbocycles. The number of thiazole rings is 1. The molecular formula is C22H24N4O4S2. The highest BCUT2D eigenvalue weighted by Gasteiger charge is 2.32. The Balaban J connectivity index is 1.36. The SMILES string of the molecule is CC(=O)Nc1ccc(S(=O)(=O)NCCC(=O)N2CCC[C@@H]2c2nc3ccccc3s2)cc1. The van der Waals surface area contributed by atoms with Crippen molar-refractivity contribution in [1.29, 1.82) is 0 Å². The molecule has 2 amide bonds. The first kappa shape index (κ1) is 22.4. The maximum absolute atomic E-state index is 12.8. The number of rotatable bonds is 7. The van der Waals surface area contributed by atoms with E-state index in [9.17, 15) is 18.0 Å². The Morgan fingerprint density at radius 1 is 1.16 bits per heavy atom. The van der Waals surface area contributed by atoms with Gasteiger partial charge in [0, 0.05) is 32.1 Å². The Morgan fingerprint density at radius 2 is 1.91 bits per heavy atom. The van der Waals surface area contributed by atoms with Crippen LogP contribution in [0.5, 0.6) is 0 Å². The van der Waals surface area contributed by atoms with Gasteiger partial charge in [0.25, 0.3) is 0 Å². The number of likely N-dealkylation sites (tertiary alicyclic amines) is 1. The molecule has 2 N–H and O–H groups in total. The van der Waals surface area contributed by atoms with Gasteiger partial charge in [-0.2, -0.15) is 0 Å². The standard InChI is InChI=1S/C22H24N4O4S2/c1-15(27)24-16-8-10-17(11-9-16)32(29,30)23-13-12-21(28)26-14-4-6-19(26)22-25-18-5-2-3-7-20(18)31-22/h2-3,5,7-11,19,23H,4,6,12-14H2,1H3,(H,24,27)/t19-/m1/s1. The molecule has 0 aliphatic carbocycles. The number of nitrogens with one attached hydrogen (secondary N) is 2. The fourth-order valence-electron chi connectivity index (χ4n) is 3.79. The number of nitrogens with zero attached hydrogens (tertiary/aromatic N) is 2. The molecule has 1 aliphatic rings. The molecule has 0 bridgehead atoms. The Hall–Kier alpha value is -2.82. The second-order valence-electron chi connectivity index (χ2n) is 7.62. The van der Waals surface area contributed by atoms with Gasteiger partial charge in [-0.05, 0) is 49.2 Å². The normalized spacial score (nSPS) is 16.4. The fraction of sp³-hybridized carbons (Fsp3) is 0.318. The average molecular weight is 473 g/mol. The van der Waals surface area contributed by atoms with E-state index in [1.807, 2.05) is 29.2 Å². The zero-order valence-corrected chi connectivity index (χ0v) is 19.2. The smallest absolute Gasteiger partial charge is 0.240 e. The number of fused-ring (bicyclic) bond motifs is 1. The highest BCUT2D eigenvalue weighted by atomic mass is 32.2. The van der Waals surface area contributed by atoms with Gasteiger partial charge in [-0.25, -0.2) is 18.1 Å². The molecule has 10 heteroatoms. The van der Waals surface area contributed by atoms with Crippen LogP contribution in [0.1, 0.15) is 37.2 Å². The number of carbonyl (C=O) groups excluding carboxylic acids is 2. The number of anilines is 1. The molecule has 1 aromatic heterocycles. The molecule has 1 fully saturated rings. The van der Waals surface area contributed by atoms with Crippen molar-refractivity contribution in [1.82, 2.24) is 14.6 Å². The fourth-order valence-corrected chi connectivity index (χ4v) is 5.94. The minimum Gasteiger partial charge on any atom is -0.333 e. The van der Waals surface area contributed by atoms with Gasteiger partial charge in [0.05, 0.1) is 21.2 Å². The molecule has 1 aliphatic heterocycles. The van der Waals surface area contributed by atoms with Gasteiger partial charge in [-0.3, -0.25) is 9.59 Å². The van der Waals surface area contributed by atoms with Crippen LogP contribution in [0.25, 0.3) is 10.2 Å². The summed E-state index contributed by atoms with van der Waals surface area (Å²) in [6, 6.07) is 13.7. The van der Waals surface area contributed by atoms with E-state index in [1.54, 1.807) is 11.3 Å². The Morgan fingerprint density at radius 3 is 2.62 bits per heavy atom. The van der Waals surface area contributed by atoms with Crippen molar-refractivity contribution in [2.24, 2.45) is 0 Å². The van der Waals surface area contributed by atoms with Crippen molar-refractivity contribution in [3.05, 3.63) is 53.5 Å². The lowest BCUT2D eigenvalue weighted by atomic mass is 10.2. The summed E-state index contributed by atoms with van der Waals surface area (Å²) in [5.74, 6) is -0.321. The summed E-state index contributed by atoms with van der Waals surface area (Å²) in [6.45, 7) is 2.04. The van der Waals surface area contributed by atoms with Gasteiger partial charge >= 0.3 is 0 Å². The highest BCUT2D eigenvalue weighted by Crippen LogP contribution is 2.36. The molecule has 0 unspecified atom stereocenters. The zero-order valence-electron chi connectivity index (χ0n) is 17.6. The van der Waals surface area contributed by atoms with Crippen LogP contribution in [0.3, 0.4) is 0 Å². The summed E-state index contributed by atoms with van der Waals surface area (Å²) in [5, 5.41) is 3.52. The number of benzene rings is 2. The number of amides is 2. The van der Waals surface area contributed by atoms with Gasteiger partial charge in [-0.15, -0.1) is 11.3 Å². The first-order valence-corrected chi connectivity index (χ1v) is 12.7. The minimum atomic E-state index is -3.75. The van der Waals surface area contributed by atoms with Gasteiger partial charge in [-0.1, -0.05) is 12.1 Å². The van der Waals surface area contributed by atoms with E-state index in [0.29, 0.717) is 12.2 Å². The van der Waals surface area contributed by atoms with Gasteiger partial charge < -0.3 is 10.2 Å². The van der Waals surface area contributed by atoms with Crippen LogP contribution in [-0.4, -0.2) is 43.2 Å². The van der Waals surface area contributed by atoms with E-state index in [4.69, 9.17) is 4.98 Å². The van der Waals surface area contributed by atoms with Crippen LogP contribution < -0.4 is 10.0 Å². The minimum absolute atomic E-state index is 0.0116. The van der Waals surface area contributed by atoms with Gasteiger partial charge in [0.1, 0.15) is 5.01 Å². The molecule has 1 atom stereocenters. The second kappa shape index (κ2) is 9.35. The van der Waals surface area contributed by atoms with Crippen LogP contribution in [0.4, 0.5) is 5.69 Å². The summed E-state index contributed by atoms with van der Waals surface area (Å²) in [4.78, 5) is 30.5. The van der Waals surface area contributed by atoms with Crippen molar-refractivity contribution < 1.29 is 18.0 Å². The monoisotopic (exact) mass is 472 g/mol. The summed E-state index contributed by atoms with van der Waals surface area (Å²) in [7, 11) is -3.75. The van der Waals surface area contributed by atoms with Crippen LogP contribution >= 0.6 is 11.3 Å². The molecule has 4 rings (SSSR count). The Labute approximate surface area is 190 Å². The van der Waals surface area contributed by atoms with E-state index < -0.39 is 10.0 Å². The van der Waals surface area contributed by atoms with E-state index in [0.717, 1.165) is 28.1 Å². The zero-order chi connectivity index (χ0) is 22.7. The topological polar surface area (TPSA) is 108 Å². The molecule has 3 aromatic rings. The lowest BCUT2D eigenvalue weighted by Gasteiger charge is -2.23. The predicted octanol–water partition coefficient (Wildman–Crippen LogP) is 3.29. The highest BCUT2D eigenvalue weighted by molar-refractivity contribution is 7.89. The largest absolute Gasteiger partial charge is 0.333 e. The molecule has 8 nitrogen and oxygen atoms in total. The summed E-state index contributed by atoms with van der Waals surface area (Å²) in [6.07, 6.45) is 1.83. The van der Waals surface area contributed by atoms with Crippen LogP contribution in [0.2, 0.25) is 0 Å². The Bertz CT molecular complexity index is 1210. The van der Waals surface area contributed by atoms with E-state index in [1.165, 1.54) is 31.2 Å². The van der Waals surface area contributed by atoms with Crippen molar-refractivity contribution in [2.75, 3.05) is 18.4 Å². The number of carbonyl (C=O) groups is 2. The molecule has 0 saturated carbocycles. The molecule has 2 heterocycles. The van der Waals surface area contributed by atoms with Gasteiger partial charge in [0.15, 0.2) is 0 Å². The van der Waals surface area contributed by atoms with Crippen LogP contribution in [0, 0.1) is 0 Å². The lowest BCUT2D eigenvalue weighted by molar-refractivity contribution is -0.132. The van der Waals surface area contributed by atoms with Crippen molar-refractivity contribution in [3.8, 4) is 0 Å². The third-order valence-corrected chi connectivity index (χ3v) is 7.90. The maximum Gasteiger partial charge on any atom is 0.240 e. The molecule has 32 heavy (non-hydrogen) atoms. The van der Waals surface area contributed by atoms with Crippen LogP contribution in [-0.2, 0) is 19.6 Å². The van der Waals surface area contributed by atoms with Gasteiger partial charge in [0.2, 0.25) is 21.8 Å². The third kappa shape index (κ3) is 4.98. The van der Waals surface area contributed by atoms with Crippen molar-refractivity contribution in [3.63, 3.8) is 0 Å². The quantitative estimate of drug-likeness (QED) is 0.549. The van der Waals surface area contributed by atoms with Crippen LogP contribution in [0.15, 0.2) is 53.4 Å². The molecule has 0 radical (unpaired) electrons. The summed E-state index contributed by atoms with van der Waals surface area (Å²) < 4.78 is 28.6. The third-order valence-electron chi connectivity index (χ3n) is 5.28. The number of hydrogen-bond acceptors (Lipinski definition) is 6. The first-order valence-electron chi connectivity index (χ1n) is 10.4. The first-order chi connectivity index (χ1) is 15.3. The number of hydrogen-bond donors (Lipinski definition) is 2.